The van der Waals surface area contributed by atoms with Crippen molar-refractivity contribution in [1.29, 1.82) is 0 Å². The maximum Gasteiger partial charge on any atom is 0.226 e. The third kappa shape index (κ3) is 9.36. The summed E-state index contributed by atoms with van der Waals surface area (Å²) in [6.07, 6.45) is 4.77. The fourth-order valence-corrected chi connectivity index (χ4v) is 1.25. The molecule has 0 radical (unpaired) electrons. The van der Waals surface area contributed by atoms with Crippen LogP contribution in [0.25, 0.3) is 0 Å². The van der Waals surface area contributed by atoms with E-state index in [1.165, 1.54) is 0 Å². The normalized spacial score (nSPS) is 12.9. The summed E-state index contributed by atoms with van der Waals surface area (Å²) in [5, 5.41) is 0. The average molecular weight is 258 g/mol. The number of hydrogen-bond acceptors (Lipinski definition) is 4. The predicted molar refractivity (Wildman–Crippen MR) is 71.5 cm³/mol. The lowest BCUT2D eigenvalue weighted by Crippen LogP contribution is -2.26. The van der Waals surface area contributed by atoms with Gasteiger partial charge in [-0.1, -0.05) is 39.3 Å². The Hall–Kier alpha value is -0.680. The molecular formula is C14H26O4. The van der Waals surface area contributed by atoms with Gasteiger partial charge in [0.05, 0.1) is 0 Å². The molecule has 0 amide bonds. The van der Waals surface area contributed by atoms with Gasteiger partial charge in [0.2, 0.25) is 6.29 Å². The van der Waals surface area contributed by atoms with Crippen LogP contribution in [0.2, 0.25) is 0 Å². The van der Waals surface area contributed by atoms with E-state index >= 15 is 0 Å². The van der Waals surface area contributed by atoms with Crippen LogP contribution in [-0.2, 0) is 19.6 Å². The molecule has 0 saturated carbocycles. The standard InChI is InChI=1S/C14H26O4/c1-6-10-15-17-14(18-16-11-7-2)13(5)9-8-12(3)4/h6-7,12-14H,1-2,8-11H2,3-5H3. The van der Waals surface area contributed by atoms with Crippen LogP contribution in [0.3, 0.4) is 0 Å². The van der Waals surface area contributed by atoms with E-state index in [0.717, 1.165) is 12.8 Å². The molecule has 0 spiro atoms. The van der Waals surface area contributed by atoms with Gasteiger partial charge in [-0.2, -0.15) is 0 Å². The Kier molecular flexibility index (Phi) is 11.0. The molecule has 1 atom stereocenters. The van der Waals surface area contributed by atoms with Crippen LogP contribution in [0.15, 0.2) is 25.3 Å². The van der Waals surface area contributed by atoms with Crippen molar-refractivity contribution in [1.82, 2.24) is 0 Å². The van der Waals surface area contributed by atoms with Gasteiger partial charge in [0, 0.05) is 5.92 Å². The molecule has 0 bridgehead atoms. The molecule has 0 aliphatic carbocycles. The van der Waals surface area contributed by atoms with E-state index in [9.17, 15) is 0 Å². The van der Waals surface area contributed by atoms with Gasteiger partial charge >= 0.3 is 0 Å². The van der Waals surface area contributed by atoms with Crippen molar-refractivity contribution in [2.45, 2.75) is 39.9 Å². The topological polar surface area (TPSA) is 36.9 Å². The molecule has 106 valence electrons. The third-order valence-electron chi connectivity index (χ3n) is 2.36. The van der Waals surface area contributed by atoms with Crippen LogP contribution in [0.4, 0.5) is 0 Å². The summed E-state index contributed by atoms with van der Waals surface area (Å²) in [5.74, 6) is 0.832. The lowest BCUT2D eigenvalue weighted by molar-refractivity contribution is -0.467. The first-order valence-corrected chi connectivity index (χ1v) is 6.40. The zero-order chi connectivity index (χ0) is 13.8. The molecule has 4 nitrogen and oxygen atoms in total. The van der Waals surface area contributed by atoms with Gasteiger partial charge in [-0.3, -0.25) is 0 Å². The first-order valence-electron chi connectivity index (χ1n) is 6.40. The maximum absolute atomic E-state index is 5.17. The summed E-state index contributed by atoms with van der Waals surface area (Å²) < 4.78 is 0. The summed E-state index contributed by atoms with van der Waals surface area (Å²) in [6.45, 7) is 14.1. The Labute approximate surface area is 110 Å². The predicted octanol–water partition coefficient (Wildman–Crippen LogP) is 3.65. The Balaban J connectivity index is 4.05. The highest BCUT2D eigenvalue weighted by Crippen LogP contribution is 2.19. The van der Waals surface area contributed by atoms with Crippen molar-refractivity contribution in [2.75, 3.05) is 13.2 Å². The molecule has 0 aliphatic heterocycles. The van der Waals surface area contributed by atoms with Gasteiger partial charge < -0.3 is 0 Å². The second-order valence-corrected chi connectivity index (χ2v) is 4.66. The fraction of sp³-hybridized carbons (Fsp3) is 0.714. The minimum atomic E-state index is -0.538. The van der Waals surface area contributed by atoms with Crippen molar-refractivity contribution < 1.29 is 19.6 Å². The molecule has 1 unspecified atom stereocenters. The Bertz CT molecular complexity index is 202. The van der Waals surface area contributed by atoms with Crippen LogP contribution in [-0.4, -0.2) is 19.5 Å². The van der Waals surface area contributed by atoms with Crippen molar-refractivity contribution in [3.05, 3.63) is 25.3 Å². The lowest BCUT2D eigenvalue weighted by Gasteiger charge is -2.22. The SMILES string of the molecule is C=CCOOC(OOCC=C)C(C)CCC(C)C. The molecular weight excluding hydrogens is 232 g/mol. The van der Waals surface area contributed by atoms with Crippen LogP contribution in [0.1, 0.15) is 33.6 Å². The molecule has 0 fully saturated rings. The zero-order valence-corrected chi connectivity index (χ0v) is 11.8. The van der Waals surface area contributed by atoms with Gasteiger partial charge in [0.15, 0.2) is 0 Å². The highest BCUT2D eigenvalue weighted by atomic mass is 17.3. The molecule has 0 N–H and O–H groups in total. The molecule has 18 heavy (non-hydrogen) atoms. The first kappa shape index (κ1) is 17.3. The van der Waals surface area contributed by atoms with Gasteiger partial charge in [0.1, 0.15) is 13.2 Å². The molecule has 0 rings (SSSR count). The second kappa shape index (κ2) is 11.4. The molecule has 0 aromatic carbocycles. The summed E-state index contributed by atoms with van der Waals surface area (Å²) in [5.41, 5.74) is 0. The average Bonchev–Trinajstić information content (AvgIpc) is 2.34. The Morgan fingerprint density at radius 3 is 1.78 bits per heavy atom. The quantitative estimate of drug-likeness (QED) is 0.176. The zero-order valence-electron chi connectivity index (χ0n) is 11.8. The van der Waals surface area contributed by atoms with Crippen molar-refractivity contribution in [3.8, 4) is 0 Å². The number of hydrogen-bond donors (Lipinski definition) is 0. The molecule has 0 aliphatic rings. The summed E-state index contributed by atoms with van der Waals surface area (Å²) >= 11 is 0. The van der Waals surface area contributed by atoms with Gasteiger partial charge in [-0.05, 0) is 12.3 Å². The first-order chi connectivity index (χ1) is 8.61. The van der Waals surface area contributed by atoms with E-state index in [-0.39, 0.29) is 5.92 Å². The minimum absolute atomic E-state index is 0.182. The Morgan fingerprint density at radius 1 is 0.889 bits per heavy atom. The van der Waals surface area contributed by atoms with Crippen LogP contribution < -0.4 is 0 Å². The molecule has 0 saturated heterocycles. The van der Waals surface area contributed by atoms with Crippen LogP contribution >= 0.6 is 0 Å². The number of rotatable bonds is 12. The summed E-state index contributed by atoms with van der Waals surface area (Å²) in [7, 11) is 0. The van der Waals surface area contributed by atoms with Crippen molar-refractivity contribution >= 4 is 0 Å². The molecule has 0 aromatic heterocycles. The smallest absolute Gasteiger partial charge is 0.226 e. The molecule has 0 heterocycles. The molecule has 4 heteroatoms. The summed E-state index contributed by atoms with van der Waals surface area (Å²) in [4.78, 5) is 20.3. The van der Waals surface area contributed by atoms with E-state index < -0.39 is 6.29 Å². The van der Waals surface area contributed by atoms with E-state index in [1.807, 2.05) is 6.92 Å². The van der Waals surface area contributed by atoms with Gasteiger partial charge in [-0.25, -0.2) is 19.6 Å². The monoisotopic (exact) mass is 258 g/mol. The largest absolute Gasteiger partial charge is 0.230 e. The lowest BCUT2D eigenvalue weighted by atomic mass is 9.99. The summed E-state index contributed by atoms with van der Waals surface area (Å²) in [6, 6.07) is 0. The van der Waals surface area contributed by atoms with Crippen molar-refractivity contribution in [3.63, 3.8) is 0 Å². The maximum atomic E-state index is 5.17. The van der Waals surface area contributed by atoms with Crippen LogP contribution in [0, 0.1) is 11.8 Å². The molecule has 0 aromatic rings. The fourth-order valence-electron chi connectivity index (χ4n) is 1.25. The van der Waals surface area contributed by atoms with E-state index in [4.69, 9.17) is 19.6 Å². The minimum Gasteiger partial charge on any atom is -0.230 e. The second-order valence-electron chi connectivity index (χ2n) is 4.66. The van der Waals surface area contributed by atoms with Gasteiger partial charge in [0.25, 0.3) is 0 Å². The highest BCUT2D eigenvalue weighted by Gasteiger charge is 2.21. The third-order valence-corrected chi connectivity index (χ3v) is 2.36. The van der Waals surface area contributed by atoms with E-state index in [1.54, 1.807) is 12.2 Å². The Morgan fingerprint density at radius 2 is 1.39 bits per heavy atom. The van der Waals surface area contributed by atoms with E-state index in [0.29, 0.717) is 19.1 Å². The highest BCUT2D eigenvalue weighted by molar-refractivity contribution is 4.64. The van der Waals surface area contributed by atoms with Gasteiger partial charge in [-0.15, -0.1) is 13.2 Å². The van der Waals surface area contributed by atoms with Crippen LogP contribution in [0.5, 0.6) is 0 Å². The van der Waals surface area contributed by atoms with Crippen molar-refractivity contribution in [2.24, 2.45) is 11.8 Å². The van der Waals surface area contributed by atoms with E-state index in [2.05, 4.69) is 27.0 Å².